The van der Waals surface area contributed by atoms with Gasteiger partial charge in [-0.25, -0.2) is 0 Å². The highest BCUT2D eigenvalue weighted by molar-refractivity contribution is 5.82. The number of Topliss-reactive ketones (excluding diaryl/α,β-unsaturated/α-hetero) is 1. The highest BCUT2D eigenvalue weighted by Crippen LogP contribution is 2.67. The van der Waals surface area contributed by atoms with Crippen LogP contribution in [-0.4, -0.2) is 10.8 Å². The molecular formula is C23H29NO. The molecule has 0 aliphatic heterocycles. The van der Waals surface area contributed by atoms with Gasteiger partial charge in [-0.15, -0.1) is 0 Å². The fourth-order valence-corrected chi connectivity index (χ4v) is 7.45. The summed E-state index contributed by atoms with van der Waals surface area (Å²) in [7, 11) is 0. The molecule has 1 aromatic rings. The highest BCUT2D eigenvalue weighted by atomic mass is 16.1. The van der Waals surface area contributed by atoms with Crippen molar-refractivity contribution in [3.05, 3.63) is 36.2 Å². The molecule has 0 N–H and O–H groups in total. The number of rotatable bonds is 1. The lowest BCUT2D eigenvalue weighted by Gasteiger charge is -2.57. The maximum atomic E-state index is 12.2. The minimum atomic E-state index is 0.290. The van der Waals surface area contributed by atoms with E-state index in [4.69, 9.17) is 0 Å². The van der Waals surface area contributed by atoms with Gasteiger partial charge in [0.25, 0.3) is 0 Å². The molecule has 0 bridgehead atoms. The molecule has 1 aromatic heterocycles. The van der Waals surface area contributed by atoms with Crippen molar-refractivity contribution in [3.63, 3.8) is 0 Å². The largest absolute Gasteiger partial charge is 0.300 e. The van der Waals surface area contributed by atoms with E-state index < -0.39 is 0 Å². The highest BCUT2D eigenvalue weighted by Gasteiger charge is 2.59. The molecule has 6 atom stereocenters. The van der Waals surface area contributed by atoms with Crippen LogP contribution in [0.2, 0.25) is 0 Å². The van der Waals surface area contributed by atoms with Gasteiger partial charge in [-0.05, 0) is 83.8 Å². The third-order valence-electron chi connectivity index (χ3n) is 8.67. The Morgan fingerprint density at radius 2 is 2.04 bits per heavy atom. The summed E-state index contributed by atoms with van der Waals surface area (Å²) in [6, 6.07) is 4.29. The van der Waals surface area contributed by atoms with Crippen molar-refractivity contribution in [3.8, 4) is 0 Å². The molecule has 2 nitrogen and oxygen atoms in total. The number of carbonyl (C=O) groups excluding carboxylic acids is 1. The molecule has 4 aliphatic rings. The zero-order valence-corrected chi connectivity index (χ0v) is 15.5. The molecule has 0 saturated heterocycles. The predicted molar refractivity (Wildman–Crippen MR) is 99.7 cm³/mol. The van der Waals surface area contributed by atoms with Crippen LogP contribution >= 0.6 is 0 Å². The number of carbonyl (C=O) groups is 1. The standard InChI is InChI=1S/C23H29NO/c1-22-10-9-21-18(6-5-16-12-17(25)13-23(16,21)2)20(22)8-7-19(22)15-4-3-11-24-14-15/h3-4,7,11,14,16,18,20-21H,5-6,8-10,12-13H2,1-2H3. The summed E-state index contributed by atoms with van der Waals surface area (Å²) in [4.78, 5) is 16.6. The minimum Gasteiger partial charge on any atom is -0.300 e. The molecule has 1 heterocycles. The van der Waals surface area contributed by atoms with E-state index in [0.29, 0.717) is 22.5 Å². The van der Waals surface area contributed by atoms with Crippen LogP contribution in [0.25, 0.3) is 5.57 Å². The summed E-state index contributed by atoms with van der Waals surface area (Å²) < 4.78 is 0. The van der Waals surface area contributed by atoms with Crippen LogP contribution in [-0.2, 0) is 4.79 Å². The van der Waals surface area contributed by atoms with Gasteiger partial charge in [0.2, 0.25) is 0 Å². The Hall–Kier alpha value is -1.44. The van der Waals surface area contributed by atoms with Crippen molar-refractivity contribution in [2.45, 2.75) is 58.8 Å². The topological polar surface area (TPSA) is 30.0 Å². The molecule has 3 saturated carbocycles. The van der Waals surface area contributed by atoms with Crippen LogP contribution in [0, 0.1) is 34.5 Å². The first-order chi connectivity index (χ1) is 12.0. The summed E-state index contributed by atoms with van der Waals surface area (Å²) >= 11 is 0. The molecule has 6 unspecified atom stereocenters. The lowest BCUT2D eigenvalue weighted by atomic mass is 9.47. The van der Waals surface area contributed by atoms with Crippen LogP contribution in [0.15, 0.2) is 30.6 Å². The number of pyridine rings is 1. The molecule has 132 valence electrons. The van der Waals surface area contributed by atoms with Crippen molar-refractivity contribution >= 4 is 11.4 Å². The lowest BCUT2D eigenvalue weighted by molar-refractivity contribution is -0.118. The lowest BCUT2D eigenvalue weighted by Crippen LogP contribution is -2.49. The second kappa shape index (κ2) is 5.28. The molecular weight excluding hydrogens is 306 g/mol. The predicted octanol–water partition coefficient (Wildman–Crippen LogP) is 5.30. The monoisotopic (exact) mass is 335 g/mol. The molecule has 3 fully saturated rings. The van der Waals surface area contributed by atoms with E-state index in [1.165, 1.54) is 37.7 Å². The molecule has 5 rings (SSSR count). The fourth-order valence-electron chi connectivity index (χ4n) is 7.45. The summed E-state index contributed by atoms with van der Waals surface area (Å²) in [5, 5.41) is 0. The van der Waals surface area contributed by atoms with Crippen molar-refractivity contribution in [2.24, 2.45) is 34.5 Å². The smallest absolute Gasteiger partial charge is 0.133 e. The molecule has 25 heavy (non-hydrogen) atoms. The van der Waals surface area contributed by atoms with E-state index in [9.17, 15) is 4.79 Å². The third kappa shape index (κ3) is 2.09. The number of nitrogens with zero attached hydrogens (tertiary/aromatic N) is 1. The summed E-state index contributed by atoms with van der Waals surface area (Å²) in [6.07, 6.45) is 14.5. The third-order valence-corrected chi connectivity index (χ3v) is 8.67. The van der Waals surface area contributed by atoms with Gasteiger partial charge in [-0.3, -0.25) is 9.78 Å². The molecule has 2 heteroatoms. The van der Waals surface area contributed by atoms with Gasteiger partial charge in [-0.2, -0.15) is 0 Å². The zero-order chi connectivity index (χ0) is 17.2. The molecule has 0 amide bonds. The second-order valence-corrected chi connectivity index (χ2v) is 9.63. The van der Waals surface area contributed by atoms with Crippen molar-refractivity contribution in [2.75, 3.05) is 0 Å². The first-order valence-electron chi connectivity index (χ1n) is 10.1. The van der Waals surface area contributed by atoms with Gasteiger partial charge < -0.3 is 0 Å². The number of hydrogen-bond acceptors (Lipinski definition) is 2. The number of aromatic nitrogens is 1. The number of allylic oxidation sites excluding steroid dienone is 2. The molecule has 4 aliphatic carbocycles. The van der Waals surface area contributed by atoms with Crippen molar-refractivity contribution in [1.82, 2.24) is 4.98 Å². The van der Waals surface area contributed by atoms with Crippen LogP contribution in [0.5, 0.6) is 0 Å². The number of fused-ring (bicyclic) bond motifs is 5. The summed E-state index contributed by atoms with van der Waals surface area (Å²) in [5.74, 6) is 3.52. The average molecular weight is 335 g/mol. The van der Waals surface area contributed by atoms with E-state index in [1.54, 1.807) is 5.57 Å². The van der Waals surface area contributed by atoms with E-state index in [2.05, 4.69) is 37.0 Å². The molecule has 0 aromatic carbocycles. The van der Waals surface area contributed by atoms with Crippen molar-refractivity contribution < 1.29 is 4.79 Å². The van der Waals surface area contributed by atoms with Crippen LogP contribution in [0.4, 0.5) is 0 Å². The maximum absolute atomic E-state index is 12.2. The maximum Gasteiger partial charge on any atom is 0.133 e. The number of hydrogen-bond donors (Lipinski definition) is 0. The van der Waals surface area contributed by atoms with Gasteiger partial charge in [0.05, 0.1) is 0 Å². The second-order valence-electron chi connectivity index (χ2n) is 9.63. The Bertz CT molecular complexity index is 738. The average Bonchev–Trinajstić information content (AvgIpc) is 3.10. The molecule has 0 spiro atoms. The number of ketones is 1. The van der Waals surface area contributed by atoms with Crippen molar-refractivity contribution in [1.29, 1.82) is 0 Å². The van der Waals surface area contributed by atoms with Gasteiger partial charge in [0.1, 0.15) is 5.78 Å². The SMILES string of the molecule is CC12CCC3C(CCC4CC(=O)CC43C)C1CC=C2c1cccnc1. The van der Waals surface area contributed by atoms with Gasteiger partial charge >= 0.3 is 0 Å². The van der Waals surface area contributed by atoms with Crippen LogP contribution in [0.1, 0.15) is 64.4 Å². The van der Waals surface area contributed by atoms with Gasteiger partial charge in [0, 0.05) is 25.2 Å². The fraction of sp³-hybridized carbons (Fsp3) is 0.652. The Morgan fingerprint density at radius 3 is 2.84 bits per heavy atom. The normalized spacial score (nSPS) is 45.5. The Kier molecular flexibility index (Phi) is 3.34. The first kappa shape index (κ1) is 15.8. The van der Waals surface area contributed by atoms with E-state index in [-0.39, 0.29) is 0 Å². The summed E-state index contributed by atoms with van der Waals surface area (Å²) in [5.41, 5.74) is 3.45. The Labute approximate surface area is 151 Å². The zero-order valence-electron chi connectivity index (χ0n) is 15.5. The Balaban J connectivity index is 1.47. The van der Waals surface area contributed by atoms with Crippen LogP contribution < -0.4 is 0 Å². The van der Waals surface area contributed by atoms with E-state index in [0.717, 1.165) is 30.6 Å². The van der Waals surface area contributed by atoms with Gasteiger partial charge in [0.15, 0.2) is 0 Å². The minimum absolute atomic E-state index is 0.290. The Morgan fingerprint density at radius 1 is 1.16 bits per heavy atom. The van der Waals surface area contributed by atoms with Crippen LogP contribution in [0.3, 0.4) is 0 Å². The molecule has 0 radical (unpaired) electrons. The first-order valence-corrected chi connectivity index (χ1v) is 10.1. The quantitative estimate of drug-likeness (QED) is 0.697. The summed E-state index contributed by atoms with van der Waals surface area (Å²) in [6.45, 7) is 4.96. The van der Waals surface area contributed by atoms with Gasteiger partial charge in [-0.1, -0.05) is 26.0 Å². The van der Waals surface area contributed by atoms with E-state index >= 15 is 0 Å². The van der Waals surface area contributed by atoms with E-state index in [1.807, 2.05) is 12.4 Å².